The van der Waals surface area contributed by atoms with Crippen LogP contribution < -0.4 is 0 Å². The second kappa shape index (κ2) is 13.9. The Kier molecular flexibility index (Phi) is 7.55. The first kappa shape index (κ1) is 37.0. The fraction of sp³-hybridized carbons (Fsp3) is 0.0167. The number of para-hydroxylation sites is 6. The van der Waals surface area contributed by atoms with Crippen LogP contribution in [0.1, 0.15) is 0 Å². The lowest BCUT2D eigenvalue weighted by molar-refractivity contribution is 0.864. The van der Waals surface area contributed by atoms with Crippen LogP contribution in [-0.4, -0.2) is 37.8 Å². The lowest BCUT2D eigenvalue weighted by Gasteiger charge is -2.14. The van der Waals surface area contributed by atoms with Gasteiger partial charge < -0.3 is 13.7 Å². The zero-order valence-electron chi connectivity index (χ0n) is 36.8. The van der Waals surface area contributed by atoms with Crippen molar-refractivity contribution in [3.63, 3.8) is 0 Å². The van der Waals surface area contributed by atoms with E-state index in [1.807, 2.05) is 18.2 Å². The third-order valence-electron chi connectivity index (χ3n) is 14.1. The Morgan fingerprint density at radius 1 is 0.309 bits per heavy atom. The highest BCUT2D eigenvalue weighted by molar-refractivity contribution is 6.27. The van der Waals surface area contributed by atoms with Gasteiger partial charge in [-0.2, -0.15) is 4.98 Å². The van der Waals surface area contributed by atoms with Gasteiger partial charge in [-0.15, -0.1) is 0 Å². The number of nitrogens with zero attached hydrogens (tertiary/aromatic N) is 8. The van der Waals surface area contributed by atoms with E-state index in [2.05, 4.69) is 224 Å². The predicted molar refractivity (Wildman–Crippen MR) is 279 cm³/mol. The third-order valence-corrected chi connectivity index (χ3v) is 14.1. The van der Waals surface area contributed by atoms with Crippen LogP contribution in [0.3, 0.4) is 0 Å². The summed E-state index contributed by atoms with van der Waals surface area (Å²) in [6.07, 6.45) is 0. The van der Waals surface area contributed by atoms with E-state index >= 15 is 0 Å². The van der Waals surface area contributed by atoms with Crippen LogP contribution in [0, 0.1) is 0 Å². The number of benzene rings is 9. The molecular weight excluding hydrogens is 833 g/mol. The van der Waals surface area contributed by atoms with Gasteiger partial charge in [0.2, 0.25) is 5.95 Å². The molecule has 0 N–H and O–H groups in total. The van der Waals surface area contributed by atoms with E-state index in [9.17, 15) is 0 Å². The molecule has 0 bridgehead atoms. The average molecular weight is 871 g/mol. The molecule has 0 saturated carbocycles. The van der Waals surface area contributed by atoms with E-state index in [-0.39, 0.29) is 0 Å². The molecule has 15 rings (SSSR count). The molecule has 0 unspecified atom stereocenters. The first-order valence-corrected chi connectivity index (χ1v) is 23.0. The highest BCUT2D eigenvalue weighted by atomic mass is 15.3. The van der Waals surface area contributed by atoms with Gasteiger partial charge in [0.05, 0.1) is 44.1 Å². The quantitative estimate of drug-likeness (QED) is 0.173. The van der Waals surface area contributed by atoms with Crippen LogP contribution in [-0.2, 0) is 7.05 Å². The van der Waals surface area contributed by atoms with Crippen LogP contribution in [0.15, 0.2) is 212 Å². The maximum Gasteiger partial charge on any atom is 0.217 e. The number of rotatable bonds is 5. The van der Waals surface area contributed by atoms with Crippen molar-refractivity contribution in [1.29, 1.82) is 0 Å². The molecule has 6 heterocycles. The van der Waals surface area contributed by atoms with E-state index in [0.717, 1.165) is 105 Å². The standard InChI is InChI=1S/C60H38N8/c1-64-56-58(63-60(64)68-49-31-17-13-27-42(49)45-34-33-44-41-26-11-15-29-47(41)66(54(44)55(45)68)39-23-9-4-10-24-39)61-57(37-19-5-2-6-20-37)62-59(56)67-48-30-16-12-25-40(48)43-35-36-51-52(53(43)67)46-28-14-18-32-50(46)65(51)38-21-7-3-8-22-38/h2-36H,1H3. The summed E-state index contributed by atoms with van der Waals surface area (Å²) in [5, 5.41) is 9.30. The highest BCUT2D eigenvalue weighted by Gasteiger charge is 2.28. The summed E-state index contributed by atoms with van der Waals surface area (Å²) >= 11 is 0. The van der Waals surface area contributed by atoms with Crippen LogP contribution in [0.25, 0.3) is 133 Å². The van der Waals surface area contributed by atoms with E-state index in [1.165, 1.54) is 16.2 Å². The molecule has 68 heavy (non-hydrogen) atoms. The molecule has 0 saturated heterocycles. The molecule has 6 aromatic heterocycles. The second-order valence-corrected chi connectivity index (χ2v) is 17.7. The summed E-state index contributed by atoms with van der Waals surface area (Å²) in [6, 6.07) is 75.7. The molecule has 8 heteroatoms. The minimum Gasteiger partial charge on any atom is -0.309 e. The lowest BCUT2D eigenvalue weighted by atomic mass is 10.1. The minimum absolute atomic E-state index is 0.608. The molecule has 0 amide bonds. The molecule has 0 fully saturated rings. The van der Waals surface area contributed by atoms with E-state index < -0.39 is 0 Å². The SMILES string of the molecule is Cn1c(-n2c3ccccc3c3ccc4c5ccccc5n(-c5ccccc5)c4c32)nc2nc(-c3ccccc3)nc(-n3c4ccccc4c4ccc5c(c6ccccc6n5-c5ccccc5)c43)c21. The Bertz CT molecular complexity index is 4550. The lowest BCUT2D eigenvalue weighted by Crippen LogP contribution is -2.07. The topological polar surface area (TPSA) is 63.3 Å². The summed E-state index contributed by atoms with van der Waals surface area (Å²) in [5.74, 6) is 2.11. The fourth-order valence-corrected chi connectivity index (χ4v) is 11.3. The number of fused-ring (bicyclic) bond motifs is 15. The van der Waals surface area contributed by atoms with Crippen molar-refractivity contribution in [2.45, 2.75) is 0 Å². The van der Waals surface area contributed by atoms with Crippen molar-refractivity contribution >= 4 is 98.4 Å². The van der Waals surface area contributed by atoms with Crippen molar-refractivity contribution in [2.24, 2.45) is 7.05 Å². The highest BCUT2D eigenvalue weighted by Crippen LogP contribution is 2.45. The number of hydrogen-bond acceptors (Lipinski definition) is 3. The normalized spacial score (nSPS) is 12.2. The van der Waals surface area contributed by atoms with Gasteiger partial charge in [-0.05, 0) is 54.6 Å². The molecule has 0 spiro atoms. The number of imidazole rings is 1. The summed E-state index contributed by atoms with van der Waals surface area (Å²) in [7, 11) is 2.12. The fourth-order valence-electron chi connectivity index (χ4n) is 11.3. The number of aryl methyl sites for hydroxylation is 1. The molecular formula is C60H38N8. The second-order valence-electron chi connectivity index (χ2n) is 17.7. The van der Waals surface area contributed by atoms with Crippen molar-refractivity contribution in [3.8, 4) is 34.5 Å². The maximum atomic E-state index is 5.65. The maximum absolute atomic E-state index is 5.65. The number of aromatic nitrogens is 8. The van der Waals surface area contributed by atoms with Crippen LogP contribution in [0.2, 0.25) is 0 Å². The Morgan fingerprint density at radius 2 is 0.765 bits per heavy atom. The molecule has 15 aromatic rings. The smallest absolute Gasteiger partial charge is 0.217 e. The average Bonchev–Trinajstić information content (AvgIpc) is 4.19. The Hall–Kier alpha value is -9.27. The first-order chi connectivity index (χ1) is 33.7. The van der Waals surface area contributed by atoms with E-state index in [0.29, 0.717) is 11.5 Å². The third kappa shape index (κ3) is 4.95. The van der Waals surface area contributed by atoms with Gasteiger partial charge in [-0.1, -0.05) is 158 Å². The summed E-state index contributed by atoms with van der Waals surface area (Å²) in [5.41, 5.74) is 13.4. The van der Waals surface area contributed by atoms with Gasteiger partial charge in [-0.25, -0.2) is 9.97 Å². The zero-order chi connectivity index (χ0) is 44.6. The van der Waals surface area contributed by atoms with Crippen LogP contribution in [0.5, 0.6) is 0 Å². The van der Waals surface area contributed by atoms with E-state index in [1.54, 1.807) is 0 Å². The van der Waals surface area contributed by atoms with Gasteiger partial charge >= 0.3 is 0 Å². The Labute approximate surface area is 388 Å². The van der Waals surface area contributed by atoms with Gasteiger partial charge in [0.1, 0.15) is 5.52 Å². The molecule has 0 atom stereocenters. The molecule has 0 aliphatic rings. The monoisotopic (exact) mass is 870 g/mol. The van der Waals surface area contributed by atoms with Crippen molar-refractivity contribution in [3.05, 3.63) is 212 Å². The van der Waals surface area contributed by atoms with E-state index in [4.69, 9.17) is 15.0 Å². The van der Waals surface area contributed by atoms with Gasteiger partial charge in [-0.3, -0.25) is 9.13 Å². The van der Waals surface area contributed by atoms with Gasteiger partial charge in [0.15, 0.2) is 17.3 Å². The minimum atomic E-state index is 0.608. The Balaban J connectivity index is 1.12. The van der Waals surface area contributed by atoms with Crippen molar-refractivity contribution in [2.75, 3.05) is 0 Å². The van der Waals surface area contributed by atoms with Crippen LogP contribution in [0.4, 0.5) is 0 Å². The molecule has 8 nitrogen and oxygen atoms in total. The molecule has 9 aromatic carbocycles. The van der Waals surface area contributed by atoms with Crippen molar-refractivity contribution < 1.29 is 0 Å². The largest absolute Gasteiger partial charge is 0.309 e. The number of hydrogen-bond donors (Lipinski definition) is 0. The molecule has 318 valence electrons. The Morgan fingerprint density at radius 3 is 1.38 bits per heavy atom. The summed E-state index contributed by atoms with van der Waals surface area (Å²) in [6.45, 7) is 0. The first-order valence-electron chi connectivity index (χ1n) is 23.0. The predicted octanol–water partition coefficient (Wildman–Crippen LogP) is 14.4. The zero-order valence-corrected chi connectivity index (χ0v) is 36.8. The molecule has 0 radical (unpaired) electrons. The van der Waals surface area contributed by atoms with Gasteiger partial charge in [0, 0.05) is 67.1 Å². The molecule has 0 aliphatic heterocycles. The molecule has 0 aliphatic carbocycles. The summed E-state index contributed by atoms with van der Waals surface area (Å²) in [4.78, 5) is 16.7. The van der Waals surface area contributed by atoms with Crippen LogP contribution >= 0.6 is 0 Å². The summed E-state index contributed by atoms with van der Waals surface area (Å²) < 4.78 is 11.8. The van der Waals surface area contributed by atoms with Crippen molar-refractivity contribution in [1.82, 2.24) is 37.8 Å². The van der Waals surface area contributed by atoms with Gasteiger partial charge in [0.25, 0.3) is 0 Å².